The first-order valence-corrected chi connectivity index (χ1v) is 7.11. The van der Waals surface area contributed by atoms with E-state index in [-0.39, 0.29) is 0 Å². The van der Waals surface area contributed by atoms with Gasteiger partial charge in [-0.3, -0.25) is 0 Å². The molecule has 2 rings (SSSR count). The Morgan fingerprint density at radius 2 is 2.35 bits per heavy atom. The summed E-state index contributed by atoms with van der Waals surface area (Å²) < 4.78 is 5.18. The molecule has 0 bridgehead atoms. The summed E-state index contributed by atoms with van der Waals surface area (Å²) in [6.07, 6.45) is 3.87. The van der Waals surface area contributed by atoms with E-state index < -0.39 is 5.60 Å². The Balaban J connectivity index is 2.08. The smallest absolute Gasteiger partial charge is 0.121 e. The van der Waals surface area contributed by atoms with Gasteiger partial charge in [0.1, 0.15) is 11.8 Å². The van der Waals surface area contributed by atoms with Crippen molar-refractivity contribution in [2.75, 3.05) is 19.0 Å². The fourth-order valence-corrected chi connectivity index (χ4v) is 2.95. The Hall–Kier alpha value is -1.73. The molecule has 2 unspecified atom stereocenters. The lowest BCUT2D eigenvalue weighted by molar-refractivity contribution is -0.000767. The third kappa shape index (κ3) is 3.43. The van der Waals surface area contributed by atoms with Gasteiger partial charge in [-0.1, -0.05) is 19.8 Å². The molecule has 0 spiro atoms. The zero-order chi connectivity index (χ0) is 14.6. The van der Waals surface area contributed by atoms with Crippen molar-refractivity contribution in [1.82, 2.24) is 0 Å². The number of aliphatic hydroxyl groups is 1. The summed E-state index contributed by atoms with van der Waals surface area (Å²) in [4.78, 5) is 0. The molecule has 0 amide bonds. The second-order valence-corrected chi connectivity index (χ2v) is 5.80. The van der Waals surface area contributed by atoms with E-state index in [0.29, 0.717) is 23.8 Å². The first-order valence-electron chi connectivity index (χ1n) is 7.11. The number of hydrogen-bond acceptors (Lipinski definition) is 4. The molecular formula is C16H22N2O2. The molecule has 0 heterocycles. The highest BCUT2D eigenvalue weighted by Gasteiger charge is 2.32. The van der Waals surface area contributed by atoms with Crippen molar-refractivity contribution in [1.29, 1.82) is 5.26 Å². The van der Waals surface area contributed by atoms with Crippen molar-refractivity contribution in [3.05, 3.63) is 23.8 Å². The number of anilines is 1. The second-order valence-electron chi connectivity index (χ2n) is 5.80. The largest absolute Gasteiger partial charge is 0.497 e. The van der Waals surface area contributed by atoms with Gasteiger partial charge in [0.25, 0.3) is 0 Å². The van der Waals surface area contributed by atoms with E-state index >= 15 is 0 Å². The Bertz CT molecular complexity index is 510. The normalized spacial score (nSPS) is 25.8. The van der Waals surface area contributed by atoms with Gasteiger partial charge in [0.2, 0.25) is 0 Å². The third-order valence-electron chi connectivity index (χ3n) is 4.02. The van der Waals surface area contributed by atoms with E-state index in [1.54, 1.807) is 25.3 Å². The van der Waals surface area contributed by atoms with Crippen molar-refractivity contribution in [3.63, 3.8) is 0 Å². The van der Waals surface area contributed by atoms with Gasteiger partial charge in [0.15, 0.2) is 0 Å². The van der Waals surface area contributed by atoms with Crippen LogP contribution in [0.5, 0.6) is 5.75 Å². The molecule has 0 aromatic heterocycles. The number of benzene rings is 1. The van der Waals surface area contributed by atoms with E-state index in [9.17, 15) is 5.11 Å². The number of hydrogen-bond donors (Lipinski definition) is 2. The van der Waals surface area contributed by atoms with Gasteiger partial charge in [-0.15, -0.1) is 0 Å². The van der Waals surface area contributed by atoms with Crippen molar-refractivity contribution >= 4 is 5.69 Å². The minimum atomic E-state index is -0.673. The van der Waals surface area contributed by atoms with Crippen molar-refractivity contribution < 1.29 is 9.84 Å². The highest BCUT2D eigenvalue weighted by Crippen LogP contribution is 2.33. The van der Waals surface area contributed by atoms with E-state index in [1.807, 2.05) is 0 Å². The first-order chi connectivity index (χ1) is 9.56. The van der Waals surface area contributed by atoms with Gasteiger partial charge < -0.3 is 15.2 Å². The van der Waals surface area contributed by atoms with Crippen LogP contribution < -0.4 is 10.1 Å². The molecule has 1 aliphatic rings. The highest BCUT2D eigenvalue weighted by molar-refractivity contribution is 5.60. The summed E-state index contributed by atoms with van der Waals surface area (Å²) in [5.74, 6) is 1.26. The Kier molecular flexibility index (Phi) is 4.51. The zero-order valence-corrected chi connectivity index (χ0v) is 12.1. The maximum absolute atomic E-state index is 10.6. The lowest BCUT2D eigenvalue weighted by atomic mass is 9.79. The van der Waals surface area contributed by atoms with E-state index in [0.717, 1.165) is 24.9 Å². The average molecular weight is 274 g/mol. The van der Waals surface area contributed by atoms with Crippen molar-refractivity contribution in [2.24, 2.45) is 5.92 Å². The lowest BCUT2D eigenvalue weighted by Gasteiger charge is -2.36. The minimum absolute atomic E-state index is 0.471. The standard InChI is InChI=1S/C16H22N2O2/c1-12-4-3-7-16(19,9-12)11-18-15-8-14(20-2)6-5-13(15)10-17/h5-6,8,12,18-19H,3-4,7,9,11H2,1-2H3. The molecule has 4 nitrogen and oxygen atoms in total. The van der Waals surface area contributed by atoms with Crippen molar-refractivity contribution in [2.45, 2.75) is 38.2 Å². The predicted octanol–water partition coefficient (Wildman–Crippen LogP) is 2.92. The van der Waals surface area contributed by atoms with Crippen LogP contribution in [0.1, 0.15) is 38.2 Å². The van der Waals surface area contributed by atoms with Gasteiger partial charge in [-0.2, -0.15) is 5.26 Å². The molecule has 1 aromatic rings. The third-order valence-corrected chi connectivity index (χ3v) is 4.02. The topological polar surface area (TPSA) is 65.3 Å². The first kappa shape index (κ1) is 14.7. The molecule has 0 radical (unpaired) electrons. The average Bonchev–Trinajstić information content (AvgIpc) is 2.44. The van der Waals surface area contributed by atoms with Gasteiger partial charge in [0, 0.05) is 12.6 Å². The van der Waals surface area contributed by atoms with Gasteiger partial charge in [-0.05, 0) is 30.9 Å². The monoisotopic (exact) mass is 274 g/mol. The van der Waals surface area contributed by atoms with Crippen LogP contribution >= 0.6 is 0 Å². The molecule has 1 aromatic carbocycles. The summed E-state index contributed by atoms with van der Waals surface area (Å²) in [6.45, 7) is 2.65. The Labute approximate surface area is 120 Å². The van der Waals surface area contributed by atoms with E-state index in [4.69, 9.17) is 10.00 Å². The Morgan fingerprint density at radius 1 is 1.55 bits per heavy atom. The van der Waals surface area contributed by atoms with Crippen LogP contribution in [0.3, 0.4) is 0 Å². The molecule has 2 atom stereocenters. The number of nitriles is 1. The minimum Gasteiger partial charge on any atom is -0.497 e. The van der Waals surface area contributed by atoms with Crippen LogP contribution in [-0.2, 0) is 0 Å². The summed E-state index contributed by atoms with van der Waals surface area (Å²) in [5.41, 5.74) is 0.616. The molecule has 1 saturated carbocycles. The fraction of sp³-hybridized carbons (Fsp3) is 0.562. The number of nitrogens with zero attached hydrogens (tertiary/aromatic N) is 1. The summed E-state index contributed by atoms with van der Waals surface area (Å²) in [6, 6.07) is 7.45. The van der Waals surface area contributed by atoms with E-state index in [1.165, 1.54) is 6.42 Å². The quantitative estimate of drug-likeness (QED) is 0.886. The van der Waals surface area contributed by atoms with Crippen LogP contribution in [0.25, 0.3) is 0 Å². The second kappa shape index (κ2) is 6.15. The summed E-state index contributed by atoms with van der Waals surface area (Å²) in [7, 11) is 1.60. The SMILES string of the molecule is COc1ccc(C#N)c(NCC2(O)CCCC(C)C2)c1. The molecule has 1 fully saturated rings. The lowest BCUT2D eigenvalue weighted by Crippen LogP contribution is -2.41. The van der Waals surface area contributed by atoms with Gasteiger partial charge in [-0.25, -0.2) is 0 Å². The molecule has 2 N–H and O–H groups in total. The van der Waals surface area contributed by atoms with Crippen LogP contribution in [0, 0.1) is 17.2 Å². The van der Waals surface area contributed by atoms with Crippen LogP contribution in [-0.4, -0.2) is 24.4 Å². The molecular weight excluding hydrogens is 252 g/mol. The van der Waals surface area contributed by atoms with Crippen LogP contribution in [0.4, 0.5) is 5.69 Å². The predicted molar refractivity (Wildman–Crippen MR) is 78.8 cm³/mol. The summed E-state index contributed by atoms with van der Waals surface area (Å²) in [5, 5.41) is 23.0. The molecule has 0 saturated heterocycles. The molecule has 1 aliphatic carbocycles. The zero-order valence-electron chi connectivity index (χ0n) is 12.1. The maximum atomic E-state index is 10.6. The highest BCUT2D eigenvalue weighted by atomic mass is 16.5. The Morgan fingerprint density at radius 3 is 3.00 bits per heavy atom. The molecule has 108 valence electrons. The van der Waals surface area contributed by atoms with Gasteiger partial charge >= 0.3 is 0 Å². The molecule has 20 heavy (non-hydrogen) atoms. The fourth-order valence-electron chi connectivity index (χ4n) is 2.95. The van der Waals surface area contributed by atoms with Gasteiger partial charge in [0.05, 0.1) is 24.0 Å². The number of methoxy groups -OCH3 is 1. The summed E-state index contributed by atoms with van der Waals surface area (Å²) >= 11 is 0. The number of nitrogens with one attached hydrogen (secondary N) is 1. The molecule has 4 heteroatoms. The van der Waals surface area contributed by atoms with Crippen LogP contribution in [0.15, 0.2) is 18.2 Å². The number of ether oxygens (including phenoxy) is 1. The maximum Gasteiger partial charge on any atom is 0.121 e. The number of rotatable bonds is 4. The van der Waals surface area contributed by atoms with Crippen LogP contribution in [0.2, 0.25) is 0 Å². The van der Waals surface area contributed by atoms with E-state index in [2.05, 4.69) is 18.3 Å². The van der Waals surface area contributed by atoms with Crippen molar-refractivity contribution in [3.8, 4) is 11.8 Å². The molecule has 0 aliphatic heterocycles.